The largest absolute Gasteiger partial charge is 0.456 e. The average Bonchev–Trinajstić information content (AvgIpc) is 1.64. The molecule has 131 heavy (non-hydrogen) atoms. The third kappa shape index (κ3) is 17.6. The molecule has 0 saturated carbocycles. The molecule has 0 atom stereocenters. The summed E-state index contributed by atoms with van der Waals surface area (Å²) in [5, 5.41) is 9.54. The molecule has 0 saturated heterocycles. The van der Waals surface area contributed by atoms with Gasteiger partial charge in [0.2, 0.25) is 0 Å². The second kappa shape index (κ2) is 34.6. The third-order valence-electron chi connectivity index (χ3n) is 23.6. The van der Waals surface area contributed by atoms with Crippen molar-refractivity contribution in [2.24, 2.45) is 0 Å². The molecule has 642 valence electrons. The van der Waals surface area contributed by atoms with Gasteiger partial charge in [-0.3, -0.25) is 0 Å². The molecule has 23 aromatic rings. The first-order valence-corrected chi connectivity index (χ1v) is 45.6. The van der Waals surface area contributed by atoms with Gasteiger partial charge in [-0.25, -0.2) is 49.8 Å². The Kier molecular flexibility index (Phi) is 22.6. The van der Waals surface area contributed by atoms with Crippen LogP contribution in [0.4, 0.5) is 0 Å². The number of rotatable bonds is 6. The van der Waals surface area contributed by atoms with Crippen LogP contribution in [0.15, 0.2) is 355 Å². The summed E-state index contributed by atoms with van der Waals surface area (Å²) < 4.78 is 14.9. The van der Waals surface area contributed by atoms with Gasteiger partial charge in [-0.1, -0.05) is 322 Å². The van der Waals surface area contributed by atoms with Crippen LogP contribution in [0, 0.1) is 0 Å². The molecule has 0 bridgehead atoms. The van der Waals surface area contributed by atoms with Crippen molar-refractivity contribution in [3.8, 4) is 67.4 Å². The molecule has 0 fully saturated rings. The van der Waals surface area contributed by atoms with Crippen LogP contribution in [-0.2, 0) is 27.1 Å². The summed E-state index contributed by atoms with van der Waals surface area (Å²) in [5.41, 5.74) is 30.1. The van der Waals surface area contributed by atoms with E-state index < -0.39 is 0 Å². The fourth-order valence-electron chi connectivity index (χ4n) is 17.1. The first-order chi connectivity index (χ1) is 63.1. The van der Waals surface area contributed by atoms with Crippen molar-refractivity contribution < 1.29 is 8.83 Å². The minimum absolute atomic E-state index is 0.0714. The van der Waals surface area contributed by atoms with Crippen LogP contribution < -0.4 is 0 Å². The maximum absolute atomic E-state index is 6.25. The van der Waals surface area contributed by atoms with E-state index in [4.69, 9.17) is 58.7 Å². The number of fused-ring (bicyclic) bond motifs is 15. The highest BCUT2D eigenvalue weighted by atomic mass is 32.1. The van der Waals surface area contributed by atoms with Gasteiger partial charge in [-0.2, -0.15) is 0 Å². The highest BCUT2D eigenvalue weighted by molar-refractivity contribution is 7.25. The predicted molar refractivity (Wildman–Crippen MR) is 549 cm³/mol. The molecule has 15 aromatic carbocycles. The zero-order valence-electron chi connectivity index (χ0n) is 76.6. The molecular formula is C118H102N10O2S. The predicted octanol–water partition coefficient (Wildman–Crippen LogP) is 32.0. The summed E-state index contributed by atoms with van der Waals surface area (Å²) in [4.78, 5) is 49.8. The van der Waals surface area contributed by atoms with Crippen molar-refractivity contribution in [1.82, 2.24) is 49.8 Å². The normalized spacial score (nSPS) is 12.1. The summed E-state index contributed by atoms with van der Waals surface area (Å²) in [6.07, 6.45) is 0. The molecular weight excluding hydrogens is 1620 g/mol. The average molecular weight is 1720 g/mol. The van der Waals surface area contributed by atoms with Crippen molar-refractivity contribution in [3.63, 3.8) is 0 Å². The van der Waals surface area contributed by atoms with Crippen LogP contribution in [0.3, 0.4) is 0 Å². The van der Waals surface area contributed by atoms with Gasteiger partial charge in [0.25, 0.3) is 0 Å². The Morgan fingerprint density at radius 1 is 0.191 bits per heavy atom. The second-order valence-corrected chi connectivity index (χ2v) is 39.8. The van der Waals surface area contributed by atoms with Crippen LogP contribution >= 0.6 is 11.3 Å². The van der Waals surface area contributed by atoms with E-state index in [0.717, 1.165) is 184 Å². The van der Waals surface area contributed by atoms with E-state index in [9.17, 15) is 0 Å². The van der Waals surface area contributed by atoms with Crippen molar-refractivity contribution >= 4 is 141 Å². The summed E-state index contributed by atoms with van der Waals surface area (Å²) >= 11 is 1.84. The van der Waals surface area contributed by atoms with Gasteiger partial charge in [0.15, 0.2) is 0 Å². The molecule has 0 aliphatic carbocycles. The van der Waals surface area contributed by atoms with E-state index in [1.54, 1.807) is 0 Å². The Morgan fingerprint density at radius 2 is 0.504 bits per heavy atom. The molecule has 0 N–H and O–H groups in total. The highest BCUT2D eigenvalue weighted by Crippen LogP contribution is 2.44. The summed E-state index contributed by atoms with van der Waals surface area (Å²) in [6.45, 7) is 32.8. The maximum atomic E-state index is 6.25. The number of aromatic nitrogens is 10. The molecule has 0 amide bonds. The van der Waals surface area contributed by atoms with Crippen molar-refractivity contribution in [2.75, 3.05) is 0 Å². The van der Waals surface area contributed by atoms with E-state index in [2.05, 4.69) is 280 Å². The summed E-state index contributed by atoms with van der Waals surface area (Å²) in [7, 11) is 0. The number of nitrogens with zero attached hydrogens (tertiary/aromatic N) is 10. The van der Waals surface area contributed by atoms with Crippen LogP contribution in [0.2, 0.25) is 0 Å². The lowest BCUT2D eigenvalue weighted by atomic mass is 9.87. The van der Waals surface area contributed by atoms with E-state index >= 15 is 0 Å². The highest BCUT2D eigenvalue weighted by Gasteiger charge is 2.30. The van der Waals surface area contributed by atoms with E-state index in [1.165, 1.54) is 42.1 Å². The van der Waals surface area contributed by atoms with Gasteiger partial charge in [-0.05, 0) is 149 Å². The van der Waals surface area contributed by atoms with E-state index in [0.29, 0.717) is 0 Å². The Hall–Kier alpha value is -14.9. The Labute approximate surface area is 767 Å². The second-order valence-electron chi connectivity index (χ2n) is 38.7. The van der Waals surface area contributed by atoms with Gasteiger partial charge in [0, 0.05) is 96.6 Å². The van der Waals surface area contributed by atoms with Crippen LogP contribution in [0.5, 0.6) is 0 Å². The quantitative estimate of drug-likeness (QED) is 0.156. The molecule has 0 radical (unpaired) electrons. The van der Waals surface area contributed by atoms with Gasteiger partial charge in [-0.15, -0.1) is 11.3 Å². The lowest BCUT2D eigenvalue weighted by molar-refractivity contribution is 0.570. The van der Waals surface area contributed by atoms with Gasteiger partial charge in [0.1, 0.15) is 22.3 Å². The topological polar surface area (TPSA) is 155 Å². The minimum Gasteiger partial charge on any atom is -0.456 e. The summed E-state index contributed by atoms with van der Waals surface area (Å²) in [5.74, 6) is 0. The van der Waals surface area contributed by atoms with Crippen molar-refractivity contribution in [1.29, 1.82) is 0 Å². The van der Waals surface area contributed by atoms with Crippen LogP contribution in [-0.4, -0.2) is 49.8 Å². The number of para-hydroxylation sites is 13. The molecule has 0 aliphatic rings. The molecule has 12 nitrogen and oxygen atoms in total. The molecule has 13 heteroatoms. The Bertz CT molecular complexity index is 8060. The monoisotopic (exact) mass is 1720 g/mol. The number of benzene rings is 15. The van der Waals surface area contributed by atoms with Gasteiger partial charge >= 0.3 is 0 Å². The molecule has 0 unspecified atom stereocenters. The fraction of sp³-hybridized carbons (Fsp3) is 0.169. The number of thiophene rings is 1. The lowest BCUT2D eigenvalue weighted by Crippen LogP contribution is -2.16. The molecule has 0 aliphatic heterocycles. The molecule has 8 heterocycles. The summed E-state index contributed by atoms with van der Waals surface area (Å²) in [6, 6.07) is 118. The zero-order chi connectivity index (χ0) is 90.7. The fourth-order valence-corrected chi connectivity index (χ4v) is 18.2. The lowest BCUT2D eigenvalue weighted by Gasteiger charge is -2.22. The van der Waals surface area contributed by atoms with Crippen molar-refractivity contribution in [2.45, 2.75) is 131 Å². The maximum Gasteiger partial charge on any atom is 0.144 e. The third-order valence-corrected chi connectivity index (χ3v) is 24.8. The molecule has 23 rings (SSSR count). The first kappa shape index (κ1) is 85.5. The smallest absolute Gasteiger partial charge is 0.144 e. The van der Waals surface area contributed by atoms with Gasteiger partial charge < -0.3 is 8.83 Å². The van der Waals surface area contributed by atoms with E-state index in [-0.39, 0.29) is 27.1 Å². The van der Waals surface area contributed by atoms with E-state index in [1.807, 2.05) is 181 Å². The standard InChI is InChI=1S/2C24H20N2O.C24H20N2S.C24H22N2.C22H20N2/c1-24(2,3)23-21(25-18-12-5-6-13-19(18)26-23)17-11-8-10-16-15-9-4-7-14-20(15)27-22(16)17;2*1-24(2,3)23-22(25-18-9-5-6-10-19(18)26-23)15-12-13-21-17(14-15)16-8-4-7-11-20(16)27-21;1-24(2,3)23-22(25-20-14-7-8-15-21(20)26-23)19-13-9-12-18(16-19)17-10-5-4-6-11-17;1-22(2,3)21-20(23-18-10-6-7-11-19(18)24-21)17-13-12-15-8-4-5-9-16(15)14-17/h3*4-14H,1-3H3;4-16H,1-3H3;4-14H,1-3H3. The van der Waals surface area contributed by atoms with Crippen molar-refractivity contribution in [3.05, 3.63) is 374 Å². The SMILES string of the molecule is CC(C)(C)c1nc2ccccc2nc1-c1ccc2ccccc2c1.CC(C)(C)c1nc2ccccc2nc1-c1ccc2oc3ccccc3c2c1.CC(C)(C)c1nc2ccccc2nc1-c1ccc2sc3ccccc3c2c1.CC(C)(C)c1nc2ccccc2nc1-c1cccc(-c2ccccc2)c1.CC(C)(C)c1nc2ccccc2nc1-c1cccc2c1oc1ccccc12. The number of hydrogen-bond donors (Lipinski definition) is 0. The Balaban J connectivity index is 0.000000106. The minimum atomic E-state index is -0.138. The molecule has 0 spiro atoms. The van der Waals surface area contributed by atoms with Crippen LogP contribution in [0.1, 0.15) is 132 Å². The number of hydrogen-bond acceptors (Lipinski definition) is 13. The first-order valence-electron chi connectivity index (χ1n) is 44.8. The van der Waals surface area contributed by atoms with Gasteiger partial charge in [0.05, 0.1) is 112 Å². The zero-order valence-corrected chi connectivity index (χ0v) is 77.4. The Morgan fingerprint density at radius 3 is 0.985 bits per heavy atom. The molecule has 8 aromatic heterocycles. The van der Waals surface area contributed by atoms with Crippen LogP contribution in [0.25, 0.3) is 197 Å². The number of furan rings is 2.